The second-order valence-corrected chi connectivity index (χ2v) is 9.92. The minimum absolute atomic E-state index is 0.0123. The summed E-state index contributed by atoms with van der Waals surface area (Å²) in [7, 11) is 1.97. The predicted molar refractivity (Wildman–Crippen MR) is 127 cm³/mol. The van der Waals surface area contributed by atoms with Crippen LogP contribution < -0.4 is 5.56 Å². The number of ketones is 1. The molecule has 4 rings (SSSR count). The minimum Gasteiger partial charge on any atom is -0.351 e. The van der Waals surface area contributed by atoms with Gasteiger partial charge in [-0.15, -0.1) is 0 Å². The van der Waals surface area contributed by atoms with Crippen LogP contribution >= 0.6 is 11.8 Å². The second kappa shape index (κ2) is 8.65. The molecule has 31 heavy (non-hydrogen) atoms. The third-order valence-corrected chi connectivity index (χ3v) is 8.13. The zero-order chi connectivity index (χ0) is 22.3. The summed E-state index contributed by atoms with van der Waals surface area (Å²) in [6.45, 7) is 8.49. The number of Topliss-reactive ketones (excluding diaryl/α,β-unsaturated/α-hetero) is 1. The maximum atomic E-state index is 13.5. The first kappa shape index (κ1) is 21.9. The summed E-state index contributed by atoms with van der Waals surface area (Å²) in [6, 6.07) is 9.59. The standard InChI is InChI=1S/C25H31N3O2S/c1-15-9-8-12-22(17(15)3)28-24(30)19-10-6-7-11-21(19)26-25(28)31-14-23(29)20-13-16(2)27(5)18(20)4/h6-7,10-11,13,15,17,22H,8-9,12,14H2,1-5H3. The number of benzene rings is 1. The molecule has 0 bridgehead atoms. The van der Waals surface area contributed by atoms with E-state index in [-0.39, 0.29) is 23.1 Å². The van der Waals surface area contributed by atoms with Gasteiger partial charge in [0.15, 0.2) is 10.9 Å². The average molecular weight is 438 g/mol. The molecule has 6 heteroatoms. The van der Waals surface area contributed by atoms with Crippen molar-refractivity contribution in [2.75, 3.05) is 5.75 Å². The third kappa shape index (κ3) is 3.98. The van der Waals surface area contributed by atoms with Crippen molar-refractivity contribution in [2.24, 2.45) is 18.9 Å². The van der Waals surface area contributed by atoms with E-state index >= 15 is 0 Å². The number of fused-ring (bicyclic) bond motifs is 1. The van der Waals surface area contributed by atoms with E-state index in [1.54, 1.807) is 0 Å². The van der Waals surface area contributed by atoms with E-state index in [0.29, 0.717) is 27.9 Å². The molecule has 1 aliphatic carbocycles. The quantitative estimate of drug-likeness (QED) is 0.308. The van der Waals surface area contributed by atoms with E-state index in [2.05, 4.69) is 13.8 Å². The molecule has 0 amide bonds. The summed E-state index contributed by atoms with van der Waals surface area (Å²) in [5.41, 5.74) is 3.50. The summed E-state index contributed by atoms with van der Waals surface area (Å²) < 4.78 is 3.93. The number of carbonyl (C=O) groups excluding carboxylic acids is 1. The molecule has 0 radical (unpaired) electrons. The number of thioether (sulfide) groups is 1. The van der Waals surface area contributed by atoms with Gasteiger partial charge in [-0.3, -0.25) is 14.2 Å². The van der Waals surface area contributed by atoms with Crippen molar-refractivity contribution in [3.05, 3.63) is 57.6 Å². The first-order chi connectivity index (χ1) is 14.8. The number of rotatable bonds is 5. The van der Waals surface area contributed by atoms with Crippen molar-refractivity contribution >= 4 is 28.4 Å². The molecule has 0 N–H and O–H groups in total. The topological polar surface area (TPSA) is 56.9 Å². The molecule has 164 valence electrons. The fourth-order valence-electron chi connectivity index (χ4n) is 4.78. The molecule has 0 saturated heterocycles. The van der Waals surface area contributed by atoms with Gasteiger partial charge in [-0.1, -0.05) is 50.6 Å². The van der Waals surface area contributed by atoms with Gasteiger partial charge in [0.1, 0.15) is 0 Å². The van der Waals surface area contributed by atoms with Gasteiger partial charge in [-0.2, -0.15) is 0 Å². The van der Waals surface area contributed by atoms with Crippen LogP contribution in [0.25, 0.3) is 10.9 Å². The SMILES string of the molecule is Cc1cc(C(=O)CSc2nc3ccccc3c(=O)n2C2CCCC(C)C2C)c(C)n1C. The van der Waals surface area contributed by atoms with Crippen molar-refractivity contribution in [3.8, 4) is 0 Å². The van der Waals surface area contributed by atoms with Gasteiger partial charge in [0.25, 0.3) is 5.56 Å². The van der Waals surface area contributed by atoms with Gasteiger partial charge in [0.2, 0.25) is 0 Å². The van der Waals surface area contributed by atoms with Gasteiger partial charge in [0, 0.05) is 30.0 Å². The summed E-state index contributed by atoms with van der Waals surface area (Å²) in [5, 5.41) is 1.31. The second-order valence-electron chi connectivity index (χ2n) is 8.98. The number of hydrogen-bond acceptors (Lipinski definition) is 4. The van der Waals surface area contributed by atoms with Crippen LogP contribution in [0.3, 0.4) is 0 Å². The van der Waals surface area contributed by atoms with Crippen molar-refractivity contribution in [2.45, 2.75) is 58.2 Å². The Balaban J connectivity index is 1.73. The smallest absolute Gasteiger partial charge is 0.262 e. The molecule has 2 heterocycles. The lowest BCUT2D eigenvalue weighted by molar-refractivity contribution is 0.102. The molecule has 1 saturated carbocycles. The van der Waals surface area contributed by atoms with Crippen molar-refractivity contribution < 1.29 is 4.79 Å². The number of carbonyl (C=O) groups is 1. The summed E-state index contributed by atoms with van der Waals surface area (Å²) in [6.07, 6.45) is 3.28. The highest BCUT2D eigenvalue weighted by molar-refractivity contribution is 7.99. The monoisotopic (exact) mass is 437 g/mol. The highest BCUT2D eigenvalue weighted by Crippen LogP contribution is 2.39. The van der Waals surface area contributed by atoms with Crippen LogP contribution in [0.2, 0.25) is 0 Å². The molecule has 5 nitrogen and oxygen atoms in total. The first-order valence-electron chi connectivity index (χ1n) is 11.1. The van der Waals surface area contributed by atoms with Gasteiger partial charge < -0.3 is 4.57 Å². The maximum Gasteiger partial charge on any atom is 0.262 e. The minimum atomic E-state index is 0.0123. The number of para-hydroxylation sites is 1. The molecule has 1 fully saturated rings. The van der Waals surface area contributed by atoms with Crippen molar-refractivity contribution in [3.63, 3.8) is 0 Å². The lowest BCUT2D eigenvalue weighted by Gasteiger charge is -2.36. The molecule has 1 aliphatic rings. The summed E-state index contributed by atoms with van der Waals surface area (Å²) in [4.78, 5) is 31.4. The normalized spacial score (nSPS) is 21.5. The zero-order valence-corrected chi connectivity index (χ0v) is 19.8. The molecule has 3 atom stereocenters. The molecule has 0 spiro atoms. The van der Waals surface area contributed by atoms with Gasteiger partial charge in [0.05, 0.1) is 16.7 Å². The Morgan fingerprint density at radius 3 is 2.65 bits per heavy atom. The molecule has 0 aliphatic heterocycles. The molecule has 3 unspecified atom stereocenters. The highest BCUT2D eigenvalue weighted by atomic mass is 32.2. The molecular formula is C25H31N3O2S. The van der Waals surface area contributed by atoms with Crippen molar-refractivity contribution in [1.29, 1.82) is 0 Å². The summed E-state index contributed by atoms with van der Waals surface area (Å²) in [5.74, 6) is 1.30. The number of nitrogens with zero attached hydrogens (tertiary/aromatic N) is 3. The van der Waals surface area contributed by atoms with Gasteiger partial charge in [-0.05, 0) is 50.3 Å². The Bertz CT molecular complexity index is 1190. The third-order valence-electron chi connectivity index (χ3n) is 7.18. The van der Waals surface area contributed by atoms with E-state index < -0.39 is 0 Å². The van der Waals surface area contributed by atoms with E-state index in [1.807, 2.05) is 60.4 Å². The molecule has 3 aromatic rings. The largest absolute Gasteiger partial charge is 0.351 e. The van der Waals surface area contributed by atoms with Crippen LogP contribution in [-0.4, -0.2) is 25.7 Å². The van der Waals surface area contributed by atoms with Crippen LogP contribution in [-0.2, 0) is 7.05 Å². The Kier molecular flexibility index (Phi) is 6.11. The molecule has 1 aromatic carbocycles. The van der Waals surface area contributed by atoms with Crippen LogP contribution in [0.5, 0.6) is 0 Å². The fraction of sp³-hybridized carbons (Fsp3) is 0.480. The number of aromatic nitrogens is 3. The Morgan fingerprint density at radius 1 is 1.19 bits per heavy atom. The van der Waals surface area contributed by atoms with Crippen LogP contribution in [0, 0.1) is 25.7 Å². The predicted octanol–water partition coefficient (Wildman–Crippen LogP) is 5.32. The van der Waals surface area contributed by atoms with Gasteiger partial charge >= 0.3 is 0 Å². The highest BCUT2D eigenvalue weighted by Gasteiger charge is 2.31. The Morgan fingerprint density at radius 2 is 1.94 bits per heavy atom. The maximum absolute atomic E-state index is 13.5. The van der Waals surface area contributed by atoms with Crippen LogP contribution in [0.1, 0.15) is 60.9 Å². The van der Waals surface area contributed by atoms with Crippen molar-refractivity contribution in [1.82, 2.24) is 14.1 Å². The fourth-order valence-corrected chi connectivity index (χ4v) is 5.72. The van der Waals surface area contributed by atoms with Crippen LogP contribution in [0.15, 0.2) is 40.3 Å². The summed E-state index contributed by atoms with van der Waals surface area (Å²) >= 11 is 1.39. The lowest BCUT2D eigenvalue weighted by atomic mass is 9.78. The average Bonchev–Trinajstić information content (AvgIpc) is 3.02. The van der Waals surface area contributed by atoms with Gasteiger partial charge in [-0.25, -0.2) is 4.98 Å². The molecular weight excluding hydrogens is 406 g/mol. The van der Waals surface area contributed by atoms with Crippen LogP contribution in [0.4, 0.5) is 0 Å². The molecule has 2 aromatic heterocycles. The number of aryl methyl sites for hydroxylation is 1. The lowest BCUT2D eigenvalue weighted by Crippen LogP contribution is -2.35. The number of hydrogen-bond donors (Lipinski definition) is 0. The Labute approximate surface area is 187 Å². The van der Waals surface area contributed by atoms with E-state index in [0.717, 1.165) is 29.8 Å². The van der Waals surface area contributed by atoms with E-state index in [4.69, 9.17) is 4.98 Å². The van der Waals surface area contributed by atoms with E-state index in [9.17, 15) is 9.59 Å². The first-order valence-corrected chi connectivity index (χ1v) is 12.1. The zero-order valence-electron chi connectivity index (χ0n) is 19.0. The Hall–Kier alpha value is -2.34. The van der Waals surface area contributed by atoms with E-state index in [1.165, 1.54) is 18.2 Å².